The van der Waals surface area contributed by atoms with Gasteiger partial charge in [0.2, 0.25) is 5.82 Å². The molecule has 3 rings (SSSR count). The fourth-order valence-corrected chi connectivity index (χ4v) is 3.17. The van der Waals surface area contributed by atoms with Crippen LogP contribution in [0.25, 0.3) is 0 Å². The Kier molecular flexibility index (Phi) is 6.67. The van der Waals surface area contributed by atoms with Gasteiger partial charge in [-0.3, -0.25) is 30.3 Å². The molecule has 0 radical (unpaired) electrons. The molecule has 1 aliphatic rings. The van der Waals surface area contributed by atoms with E-state index in [0.717, 1.165) is 18.2 Å². The Morgan fingerprint density at radius 2 is 1.81 bits per heavy atom. The molecule has 31 heavy (non-hydrogen) atoms. The van der Waals surface area contributed by atoms with E-state index in [2.05, 4.69) is 10.6 Å². The number of hydrogen-bond donors (Lipinski definition) is 2. The van der Waals surface area contributed by atoms with Crippen LogP contribution in [0.5, 0.6) is 0 Å². The monoisotopic (exact) mass is 449 g/mol. The molecule has 1 aliphatic heterocycles. The topological polar surface area (TPSA) is 140 Å². The van der Waals surface area contributed by atoms with Crippen LogP contribution in [-0.2, 0) is 4.74 Å². The summed E-state index contributed by atoms with van der Waals surface area (Å²) in [6.07, 6.45) is 0. The lowest BCUT2D eigenvalue weighted by Gasteiger charge is -2.30. The Morgan fingerprint density at radius 1 is 1.10 bits per heavy atom. The highest BCUT2D eigenvalue weighted by molar-refractivity contribution is 7.80. The van der Waals surface area contributed by atoms with E-state index in [1.165, 1.54) is 18.2 Å². The molecular weight excluding hydrogens is 433 g/mol. The van der Waals surface area contributed by atoms with Crippen LogP contribution >= 0.6 is 12.2 Å². The van der Waals surface area contributed by atoms with E-state index < -0.39 is 27.3 Å². The van der Waals surface area contributed by atoms with Crippen molar-refractivity contribution in [2.24, 2.45) is 0 Å². The van der Waals surface area contributed by atoms with Gasteiger partial charge in [-0.2, -0.15) is 4.39 Å². The molecule has 0 aromatic heterocycles. The number of amides is 1. The van der Waals surface area contributed by atoms with Crippen molar-refractivity contribution in [1.29, 1.82) is 0 Å². The number of benzene rings is 2. The summed E-state index contributed by atoms with van der Waals surface area (Å²) in [5, 5.41) is 26.8. The van der Waals surface area contributed by atoms with Gasteiger partial charge in [-0.1, -0.05) is 0 Å². The van der Waals surface area contributed by atoms with E-state index in [-0.39, 0.29) is 22.1 Å². The maximum atomic E-state index is 13.5. The van der Waals surface area contributed by atoms with Crippen molar-refractivity contribution in [2.45, 2.75) is 0 Å². The highest BCUT2D eigenvalue weighted by Crippen LogP contribution is 2.27. The predicted octanol–water partition coefficient (Wildman–Crippen LogP) is 2.61. The van der Waals surface area contributed by atoms with Crippen molar-refractivity contribution < 1.29 is 23.8 Å². The first kappa shape index (κ1) is 22.0. The average molecular weight is 449 g/mol. The lowest BCUT2D eigenvalue weighted by atomic mass is 10.1. The van der Waals surface area contributed by atoms with Crippen LogP contribution in [0.2, 0.25) is 0 Å². The highest BCUT2D eigenvalue weighted by atomic mass is 32.1. The van der Waals surface area contributed by atoms with Gasteiger partial charge in [0.15, 0.2) is 5.11 Å². The standard InChI is InChI=1S/C18H16FN5O6S/c19-14-3-1-11(9-16(14)24(28)29)20-18(31)21-17(25)13-10-12(23(26)27)2-4-15(13)22-5-7-30-8-6-22/h1-4,9-10H,5-8H2,(H2,20,21,25,31). The first-order valence-electron chi connectivity index (χ1n) is 8.93. The third kappa shape index (κ3) is 5.26. The van der Waals surface area contributed by atoms with Gasteiger partial charge in [0.05, 0.1) is 34.3 Å². The molecule has 1 amide bonds. The molecule has 1 heterocycles. The Morgan fingerprint density at radius 3 is 2.45 bits per heavy atom. The minimum absolute atomic E-state index is 0.0327. The normalized spacial score (nSPS) is 13.4. The van der Waals surface area contributed by atoms with Crippen LogP contribution in [0.1, 0.15) is 10.4 Å². The largest absolute Gasteiger partial charge is 0.378 e. The van der Waals surface area contributed by atoms with Crippen molar-refractivity contribution >= 4 is 46.0 Å². The van der Waals surface area contributed by atoms with E-state index in [1.807, 2.05) is 4.90 Å². The predicted molar refractivity (Wildman–Crippen MR) is 113 cm³/mol. The van der Waals surface area contributed by atoms with Gasteiger partial charge in [0.25, 0.3) is 11.6 Å². The van der Waals surface area contributed by atoms with Gasteiger partial charge in [-0.15, -0.1) is 0 Å². The zero-order valence-corrected chi connectivity index (χ0v) is 16.7. The number of anilines is 2. The molecular formula is C18H16FN5O6S. The Bertz CT molecular complexity index is 1060. The van der Waals surface area contributed by atoms with Crippen molar-refractivity contribution in [2.75, 3.05) is 36.5 Å². The molecule has 0 spiro atoms. The third-order valence-corrected chi connectivity index (χ3v) is 4.62. The first-order valence-corrected chi connectivity index (χ1v) is 9.34. The molecule has 11 nitrogen and oxygen atoms in total. The second-order valence-electron chi connectivity index (χ2n) is 6.39. The molecule has 0 unspecified atom stereocenters. The molecule has 0 aliphatic carbocycles. The number of morpholine rings is 1. The minimum Gasteiger partial charge on any atom is -0.378 e. The summed E-state index contributed by atoms with van der Waals surface area (Å²) in [5.74, 6) is -1.73. The zero-order valence-electron chi connectivity index (χ0n) is 15.9. The van der Waals surface area contributed by atoms with Crippen LogP contribution in [0, 0.1) is 26.0 Å². The molecule has 1 fully saturated rings. The molecule has 13 heteroatoms. The lowest BCUT2D eigenvalue weighted by Crippen LogP contribution is -2.39. The van der Waals surface area contributed by atoms with E-state index in [4.69, 9.17) is 17.0 Å². The fraction of sp³-hybridized carbons (Fsp3) is 0.222. The summed E-state index contributed by atoms with van der Waals surface area (Å²) in [6.45, 7) is 1.89. The van der Waals surface area contributed by atoms with Gasteiger partial charge in [0.1, 0.15) is 0 Å². The second-order valence-corrected chi connectivity index (χ2v) is 6.80. The summed E-state index contributed by atoms with van der Waals surface area (Å²) in [4.78, 5) is 35.2. The van der Waals surface area contributed by atoms with Gasteiger partial charge in [-0.05, 0) is 30.4 Å². The number of nitro benzene ring substituents is 2. The number of hydrogen-bond acceptors (Lipinski definition) is 8. The summed E-state index contributed by atoms with van der Waals surface area (Å²) >= 11 is 5.06. The molecule has 0 atom stereocenters. The number of ether oxygens (including phenoxy) is 1. The van der Waals surface area contributed by atoms with Crippen molar-refractivity contribution in [3.63, 3.8) is 0 Å². The smallest absolute Gasteiger partial charge is 0.306 e. The summed E-state index contributed by atoms with van der Waals surface area (Å²) in [6, 6.07) is 6.97. The van der Waals surface area contributed by atoms with Crippen molar-refractivity contribution in [1.82, 2.24) is 5.32 Å². The molecule has 2 N–H and O–H groups in total. The average Bonchev–Trinajstić information content (AvgIpc) is 2.75. The molecule has 0 saturated carbocycles. The third-order valence-electron chi connectivity index (χ3n) is 4.42. The van der Waals surface area contributed by atoms with E-state index in [1.54, 1.807) is 0 Å². The lowest BCUT2D eigenvalue weighted by molar-refractivity contribution is -0.387. The quantitative estimate of drug-likeness (QED) is 0.400. The van der Waals surface area contributed by atoms with Crippen LogP contribution in [0.3, 0.4) is 0 Å². The Balaban J connectivity index is 1.81. The highest BCUT2D eigenvalue weighted by Gasteiger charge is 2.23. The molecule has 0 bridgehead atoms. The zero-order chi connectivity index (χ0) is 22.5. The fourth-order valence-electron chi connectivity index (χ4n) is 2.96. The molecule has 1 saturated heterocycles. The van der Waals surface area contributed by atoms with Gasteiger partial charge < -0.3 is 15.0 Å². The van der Waals surface area contributed by atoms with Crippen LogP contribution in [0.4, 0.5) is 27.1 Å². The van der Waals surface area contributed by atoms with Gasteiger partial charge in [0, 0.05) is 37.0 Å². The number of thiocarbonyl (C=S) groups is 1. The SMILES string of the molecule is O=C(NC(=S)Nc1ccc(F)c([N+](=O)[O-])c1)c1cc([N+](=O)[O-])ccc1N1CCOCC1. The van der Waals surface area contributed by atoms with Crippen LogP contribution in [0.15, 0.2) is 36.4 Å². The van der Waals surface area contributed by atoms with Crippen LogP contribution in [-0.4, -0.2) is 47.2 Å². The maximum absolute atomic E-state index is 13.5. The first-order chi connectivity index (χ1) is 14.8. The Hall–Kier alpha value is -3.71. The number of carbonyl (C=O) groups excluding carboxylic acids is 1. The van der Waals surface area contributed by atoms with Gasteiger partial charge in [-0.25, -0.2) is 0 Å². The van der Waals surface area contributed by atoms with Crippen molar-refractivity contribution in [3.05, 3.63) is 68.0 Å². The van der Waals surface area contributed by atoms with E-state index >= 15 is 0 Å². The molecule has 162 valence electrons. The number of nitro groups is 2. The summed E-state index contributed by atoms with van der Waals surface area (Å²) in [5.41, 5.74) is -0.426. The number of non-ortho nitro benzene ring substituents is 1. The summed E-state index contributed by atoms with van der Waals surface area (Å²) in [7, 11) is 0. The van der Waals surface area contributed by atoms with Gasteiger partial charge >= 0.3 is 5.69 Å². The second kappa shape index (κ2) is 9.40. The number of rotatable bonds is 5. The number of nitrogens with one attached hydrogen (secondary N) is 2. The number of nitrogens with zero attached hydrogens (tertiary/aromatic N) is 3. The van der Waals surface area contributed by atoms with E-state index in [9.17, 15) is 29.4 Å². The van der Waals surface area contributed by atoms with Crippen LogP contribution < -0.4 is 15.5 Å². The number of carbonyl (C=O) groups is 1. The minimum atomic E-state index is -1.02. The Labute approximate surface area is 180 Å². The summed E-state index contributed by atoms with van der Waals surface area (Å²) < 4.78 is 18.8. The van der Waals surface area contributed by atoms with Crippen molar-refractivity contribution in [3.8, 4) is 0 Å². The molecule has 2 aromatic carbocycles. The molecule has 2 aromatic rings. The number of halogens is 1. The van der Waals surface area contributed by atoms with E-state index in [0.29, 0.717) is 32.0 Å². The maximum Gasteiger partial charge on any atom is 0.306 e.